The predicted molar refractivity (Wildman–Crippen MR) is 98.1 cm³/mol. The summed E-state index contributed by atoms with van der Waals surface area (Å²) < 4.78 is 7.98. The first kappa shape index (κ1) is 18.7. The molecule has 2 amide bonds. The van der Waals surface area contributed by atoms with Crippen LogP contribution < -0.4 is 16.6 Å². The van der Waals surface area contributed by atoms with E-state index >= 15 is 0 Å². The van der Waals surface area contributed by atoms with Gasteiger partial charge in [-0.25, -0.2) is 4.79 Å². The zero-order valence-electron chi connectivity index (χ0n) is 14.8. The second-order valence-electron chi connectivity index (χ2n) is 6.06. The van der Waals surface area contributed by atoms with Gasteiger partial charge in [-0.2, -0.15) is 5.10 Å². The van der Waals surface area contributed by atoms with Gasteiger partial charge in [-0.05, 0) is 32.0 Å². The number of rotatable bonds is 5. The van der Waals surface area contributed by atoms with Gasteiger partial charge in [-0.15, -0.1) is 0 Å². The van der Waals surface area contributed by atoms with E-state index in [1.54, 1.807) is 16.8 Å². The van der Waals surface area contributed by atoms with E-state index in [9.17, 15) is 14.4 Å². The molecule has 0 aliphatic rings. The number of hydrazine groups is 1. The Morgan fingerprint density at radius 1 is 1.19 bits per heavy atom. The average molecular weight is 392 g/mol. The number of aromatic nitrogens is 3. The summed E-state index contributed by atoms with van der Waals surface area (Å²) in [6.07, 6.45) is -0.0165. The van der Waals surface area contributed by atoms with Gasteiger partial charge in [0, 0.05) is 29.7 Å². The number of nitrogens with one attached hydrogen (secondary N) is 2. The van der Waals surface area contributed by atoms with Crippen LogP contribution in [-0.2, 0) is 22.7 Å². The lowest BCUT2D eigenvalue weighted by molar-refractivity contribution is -0.129. The number of hydrogen-bond donors (Lipinski definition) is 2. The van der Waals surface area contributed by atoms with Crippen molar-refractivity contribution in [2.75, 3.05) is 0 Å². The Hall–Kier alpha value is -3.07. The molecule has 142 valence electrons. The second kappa shape index (κ2) is 7.67. The van der Waals surface area contributed by atoms with E-state index in [2.05, 4.69) is 16.0 Å². The molecule has 9 nitrogen and oxygen atoms in total. The molecule has 0 aliphatic heterocycles. The van der Waals surface area contributed by atoms with Crippen molar-refractivity contribution in [2.45, 2.75) is 33.4 Å². The number of carbonyl (C=O) groups is 2. The van der Waals surface area contributed by atoms with Crippen molar-refractivity contribution in [3.8, 4) is 0 Å². The highest BCUT2D eigenvalue weighted by atomic mass is 35.5. The molecule has 0 bridgehead atoms. The Morgan fingerprint density at radius 3 is 2.63 bits per heavy atom. The van der Waals surface area contributed by atoms with Crippen LogP contribution in [-0.4, -0.2) is 26.2 Å². The summed E-state index contributed by atoms with van der Waals surface area (Å²) >= 11 is 5.87. The normalized spacial score (nSPS) is 10.9. The quantitative estimate of drug-likeness (QED) is 0.637. The Balaban J connectivity index is 1.53. The lowest BCUT2D eigenvalue weighted by Crippen LogP contribution is -2.43. The van der Waals surface area contributed by atoms with E-state index in [1.807, 2.05) is 19.9 Å². The van der Waals surface area contributed by atoms with Gasteiger partial charge in [-0.3, -0.25) is 29.7 Å². The minimum absolute atomic E-state index is 0.00740. The SMILES string of the molecule is Cc1cc(C)n(CC(=O)NNC(=O)CCn2c(=O)oc3cc(Cl)ccc32)n1. The summed E-state index contributed by atoms with van der Waals surface area (Å²) in [4.78, 5) is 35.8. The van der Waals surface area contributed by atoms with Crippen LogP contribution in [0.2, 0.25) is 5.02 Å². The molecule has 0 saturated heterocycles. The standard InChI is InChI=1S/C17H18ClN5O4/c1-10-7-11(2)23(21-10)9-16(25)20-19-15(24)5-6-22-13-4-3-12(18)8-14(13)27-17(22)26/h3-4,7-8H,5-6,9H2,1-2H3,(H,19,24)(H,20,25). The Morgan fingerprint density at radius 2 is 1.93 bits per heavy atom. The van der Waals surface area contributed by atoms with Crippen LogP contribution in [0.15, 0.2) is 33.5 Å². The fraction of sp³-hybridized carbons (Fsp3) is 0.294. The highest BCUT2D eigenvalue weighted by molar-refractivity contribution is 6.31. The number of benzene rings is 1. The first-order valence-corrected chi connectivity index (χ1v) is 8.59. The number of halogens is 1. The lowest BCUT2D eigenvalue weighted by Gasteiger charge is -2.08. The molecule has 0 saturated carbocycles. The molecule has 27 heavy (non-hydrogen) atoms. The minimum atomic E-state index is -0.575. The Labute approximate surface area is 158 Å². The third-order valence-corrected chi connectivity index (χ3v) is 4.17. The first-order valence-electron chi connectivity index (χ1n) is 8.21. The monoisotopic (exact) mass is 391 g/mol. The third-order valence-electron chi connectivity index (χ3n) is 3.93. The number of fused-ring (bicyclic) bond motifs is 1. The van der Waals surface area contributed by atoms with Gasteiger partial charge in [0.25, 0.3) is 5.91 Å². The van der Waals surface area contributed by atoms with Crippen molar-refractivity contribution < 1.29 is 14.0 Å². The lowest BCUT2D eigenvalue weighted by atomic mass is 10.3. The highest BCUT2D eigenvalue weighted by Crippen LogP contribution is 2.18. The molecule has 1 aromatic carbocycles. The minimum Gasteiger partial charge on any atom is -0.408 e. The summed E-state index contributed by atoms with van der Waals surface area (Å²) in [5.41, 5.74) is 7.21. The predicted octanol–water partition coefficient (Wildman–Crippen LogP) is 1.30. The Kier molecular flexibility index (Phi) is 5.31. The average Bonchev–Trinajstić information content (AvgIpc) is 3.08. The number of carbonyl (C=O) groups excluding carboxylic acids is 2. The van der Waals surface area contributed by atoms with Crippen LogP contribution in [0, 0.1) is 13.8 Å². The molecule has 0 aliphatic carbocycles. The molecule has 0 fully saturated rings. The first-order chi connectivity index (χ1) is 12.8. The fourth-order valence-corrected chi connectivity index (χ4v) is 2.84. The number of oxazole rings is 1. The van der Waals surface area contributed by atoms with Crippen molar-refractivity contribution in [3.63, 3.8) is 0 Å². The van der Waals surface area contributed by atoms with Crippen molar-refractivity contribution in [1.29, 1.82) is 0 Å². The molecule has 0 radical (unpaired) electrons. The van der Waals surface area contributed by atoms with E-state index in [0.717, 1.165) is 11.4 Å². The summed E-state index contributed by atoms with van der Waals surface area (Å²) in [6, 6.07) is 6.67. The molecule has 0 atom stereocenters. The van der Waals surface area contributed by atoms with Crippen LogP contribution in [0.3, 0.4) is 0 Å². The van der Waals surface area contributed by atoms with Gasteiger partial charge in [0.05, 0.1) is 11.2 Å². The van der Waals surface area contributed by atoms with Crippen molar-refractivity contribution in [1.82, 2.24) is 25.2 Å². The smallest absolute Gasteiger partial charge is 0.408 e. The summed E-state index contributed by atoms with van der Waals surface area (Å²) in [7, 11) is 0. The van der Waals surface area contributed by atoms with Crippen LogP contribution >= 0.6 is 11.6 Å². The van der Waals surface area contributed by atoms with Gasteiger partial charge in [-0.1, -0.05) is 11.6 Å². The number of aryl methyl sites for hydroxylation is 3. The maximum atomic E-state index is 12.0. The number of amides is 2. The molecule has 0 spiro atoms. The maximum Gasteiger partial charge on any atom is 0.419 e. The molecule has 2 N–H and O–H groups in total. The van der Waals surface area contributed by atoms with Crippen molar-refractivity contribution >= 4 is 34.5 Å². The summed E-state index contributed by atoms with van der Waals surface area (Å²) in [6.45, 7) is 3.77. The van der Waals surface area contributed by atoms with Gasteiger partial charge in [0.1, 0.15) is 6.54 Å². The molecule has 2 heterocycles. The maximum absolute atomic E-state index is 12.0. The summed E-state index contributed by atoms with van der Waals surface area (Å²) in [5.74, 6) is -1.42. The van der Waals surface area contributed by atoms with Gasteiger partial charge < -0.3 is 4.42 Å². The topological polar surface area (TPSA) is 111 Å². The molecule has 3 aromatic rings. The zero-order valence-corrected chi connectivity index (χ0v) is 15.5. The van der Waals surface area contributed by atoms with E-state index in [0.29, 0.717) is 16.1 Å². The molecule has 10 heteroatoms. The van der Waals surface area contributed by atoms with E-state index in [4.69, 9.17) is 16.0 Å². The molecule has 2 aromatic heterocycles. The van der Waals surface area contributed by atoms with Crippen molar-refractivity contribution in [2.24, 2.45) is 0 Å². The zero-order chi connectivity index (χ0) is 19.6. The number of hydrogen-bond acceptors (Lipinski definition) is 5. The van der Waals surface area contributed by atoms with Crippen LogP contribution in [0.1, 0.15) is 17.8 Å². The van der Waals surface area contributed by atoms with Gasteiger partial charge in [0.2, 0.25) is 5.91 Å². The van der Waals surface area contributed by atoms with Crippen LogP contribution in [0.4, 0.5) is 0 Å². The van der Waals surface area contributed by atoms with E-state index < -0.39 is 17.6 Å². The van der Waals surface area contributed by atoms with Gasteiger partial charge >= 0.3 is 5.76 Å². The third kappa shape index (κ3) is 4.37. The highest BCUT2D eigenvalue weighted by Gasteiger charge is 2.12. The molecule has 3 rings (SSSR count). The summed E-state index contributed by atoms with van der Waals surface area (Å²) in [5, 5.41) is 4.63. The molecular weight excluding hydrogens is 374 g/mol. The fourth-order valence-electron chi connectivity index (χ4n) is 2.68. The van der Waals surface area contributed by atoms with E-state index in [1.165, 1.54) is 10.6 Å². The second-order valence-corrected chi connectivity index (χ2v) is 6.50. The Bertz CT molecular complexity index is 1070. The van der Waals surface area contributed by atoms with Gasteiger partial charge in [0.15, 0.2) is 5.58 Å². The largest absolute Gasteiger partial charge is 0.419 e. The van der Waals surface area contributed by atoms with E-state index in [-0.39, 0.29) is 19.5 Å². The van der Waals surface area contributed by atoms with Crippen molar-refractivity contribution in [3.05, 3.63) is 51.2 Å². The van der Waals surface area contributed by atoms with Crippen LogP contribution in [0.5, 0.6) is 0 Å². The van der Waals surface area contributed by atoms with Crippen LogP contribution in [0.25, 0.3) is 11.1 Å². The molecule has 0 unspecified atom stereocenters. The number of nitrogens with zero attached hydrogens (tertiary/aromatic N) is 3. The molecular formula is C17H18ClN5O4.